The zero-order valence-electron chi connectivity index (χ0n) is 19.9. The van der Waals surface area contributed by atoms with E-state index in [2.05, 4.69) is 5.10 Å². The Morgan fingerprint density at radius 1 is 1.14 bits per heavy atom. The summed E-state index contributed by atoms with van der Waals surface area (Å²) in [5.74, 6) is -0.284. The van der Waals surface area contributed by atoms with Crippen LogP contribution in [0.1, 0.15) is 36.4 Å². The van der Waals surface area contributed by atoms with Gasteiger partial charge in [-0.05, 0) is 49.0 Å². The van der Waals surface area contributed by atoms with Gasteiger partial charge in [-0.25, -0.2) is 30.7 Å². The van der Waals surface area contributed by atoms with Gasteiger partial charge >= 0.3 is 0 Å². The van der Waals surface area contributed by atoms with Crippen molar-refractivity contribution in [2.45, 2.75) is 29.9 Å². The molecular weight excluding hydrogens is 493 g/mol. The van der Waals surface area contributed by atoms with Gasteiger partial charge in [-0.1, -0.05) is 24.3 Å². The molecule has 2 aromatic rings. The van der Waals surface area contributed by atoms with Gasteiger partial charge in [0, 0.05) is 40.4 Å². The maximum atomic E-state index is 14.3. The van der Waals surface area contributed by atoms with Gasteiger partial charge < -0.3 is 4.90 Å². The van der Waals surface area contributed by atoms with E-state index >= 15 is 0 Å². The fraction of sp³-hybridized carbons (Fsp3) is 0.435. The number of aromatic nitrogens is 2. The standard InChI is InChI=1S/C23H30FN5O4S2/c1-27(2)34(30,31)18-8-12-23(13-9-18,35(25,32)33)22-19(16-28(3)26-22)17-10-14-29(15-11-17)21-7-5-4-6-20(21)24/h4-9,12,16-17H,10-11,13-15H2,1-3H3,(H2,25,32,33). The van der Waals surface area contributed by atoms with E-state index in [9.17, 15) is 21.2 Å². The number of anilines is 1. The molecule has 1 aliphatic carbocycles. The Balaban J connectivity index is 1.67. The van der Waals surface area contributed by atoms with Gasteiger partial charge in [0.15, 0.2) is 4.75 Å². The molecule has 2 heterocycles. The fourth-order valence-electron chi connectivity index (χ4n) is 4.80. The number of hydrogen-bond acceptors (Lipinski definition) is 6. The summed E-state index contributed by atoms with van der Waals surface area (Å²) in [5, 5.41) is 10.3. The fourth-order valence-corrected chi connectivity index (χ4v) is 6.76. The summed E-state index contributed by atoms with van der Waals surface area (Å²) in [4.78, 5) is 2.00. The van der Waals surface area contributed by atoms with Gasteiger partial charge in [-0.3, -0.25) is 4.68 Å². The Bertz CT molecular complexity index is 1390. The third kappa shape index (κ3) is 4.55. The molecule has 1 atom stereocenters. The summed E-state index contributed by atoms with van der Waals surface area (Å²) in [7, 11) is -3.41. The summed E-state index contributed by atoms with van der Waals surface area (Å²) in [6.07, 6.45) is 7.03. The summed E-state index contributed by atoms with van der Waals surface area (Å²) in [5.41, 5.74) is 1.61. The molecule has 4 rings (SSSR count). The molecule has 0 saturated carbocycles. The molecule has 12 heteroatoms. The Morgan fingerprint density at radius 2 is 1.80 bits per heavy atom. The Labute approximate surface area is 205 Å². The number of sulfonamides is 2. The topological polar surface area (TPSA) is 119 Å². The predicted molar refractivity (Wildman–Crippen MR) is 133 cm³/mol. The third-order valence-electron chi connectivity index (χ3n) is 6.80. The SMILES string of the molecule is CN(C)S(=O)(=O)C1=CCC(c2nn(C)cc2C2CCN(c3ccccc3F)CC2)(S(N)(=O)=O)C=C1. The second kappa shape index (κ2) is 9.16. The van der Waals surface area contributed by atoms with Crippen molar-refractivity contribution in [1.29, 1.82) is 0 Å². The smallest absolute Gasteiger partial charge is 0.242 e. The van der Waals surface area contributed by atoms with Gasteiger partial charge in [-0.2, -0.15) is 5.10 Å². The summed E-state index contributed by atoms with van der Waals surface area (Å²) in [6.45, 7) is 1.20. The molecule has 1 unspecified atom stereocenters. The Morgan fingerprint density at radius 3 is 2.34 bits per heavy atom. The van der Waals surface area contributed by atoms with Gasteiger partial charge in [-0.15, -0.1) is 0 Å². The monoisotopic (exact) mass is 523 g/mol. The van der Waals surface area contributed by atoms with Gasteiger partial charge in [0.1, 0.15) is 5.82 Å². The van der Waals surface area contributed by atoms with E-state index in [1.54, 1.807) is 36.1 Å². The predicted octanol–water partition coefficient (Wildman–Crippen LogP) is 2.16. The van der Waals surface area contributed by atoms with Crippen molar-refractivity contribution in [3.05, 3.63) is 70.7 Å². The van der Waals surface area contributed by atoms with Crippen molar-refractivity contribution >= 4 is 25.7 Å². The quantitative estimate of drug-likeness (QED) is 0.620. The van der Waals surface area contributed by atoms with Crippen molar-refractivity contribution in [1.82, 2.24) is 14.1 Å². The number of nitrogens with zero attached hydrogens (tertiary/aromatic N) is 4. The van der Waals surface area contributed by atoms with Crippen molar-refractivity contribution in [3.63, 3.8) is 0 Å². The van der Waals surface area contributed by atoms with Crippen LogP contribution in [0.2, 0.25) is 0 Å². The lowest BCUT2D eigenvalue weighted by Crippen LogP contribution is -2.42. The van der Waals surface area contributed by atoms with E-state index in [0.717, 1.165) is 9.87 Å². The number of primary sulfonamides is 1. The lowest BCUT2D eigenvalue weighted by Gasteiger charge is -2.35. The molecule has 1 aliphatic heterocycles. The zero-order valence-corrected chi connectivity index (χ0v) is 21.6. The molecule has 0 spiro atoms. The largest absolute Gasteiger partial charge is 0.369 e. The first kappa shape index (κ1) is 25.5. The summed E-state index contributed by atoms with van der Waals surface area (Å²) in [6, 6.07) is 6.64. The molecule has 1 aromatic heterocycles. The van der Waals surface area contributed by atoms with Crippen LogP contribution in [0.15, 0.2) is 53.6 Å². The van der Waals surface area contributed by atoms with Gasteiger partial charge in [0.2, 0.25) is 20.0 Å². The second-order valence-electron chi connectivity index (χ2n) is 9.19. The van der Waals surface area contributed by atoms with E-state index in [0.29, 0.717) is 37.3 Å². The maximum absolute atomic E-state index is 14.3. The highest BCUT2D eigenvalue weighted by Gasteiger charge is 2.47. The van der Waals surface area contributed by atoms with Gasteiger partial charge in [0.25, 0.3) is 0 Å². The van der Waals surface area contributed by atoms with E-state index in [1.165, 1.54) is 38.4 Å². The molecule has 190 valence electrons. The number of allylic oxidation sites excluding steroid dienone is 2. The number of benzene rings is 1. The zero-order chi connectivity index (χ0) is 25.6. The Kier molecular flexibility index (Phi) is 6.68. The lowest BCUT2D eigenvalue weighted by atomic mass is 9.84. The number of para-hydroxylation sites is 1. The molecule has 0 radical (unpaired) electrons. The van der Waals surface area contributed by atoms with E-state index in [1.807, 2.05) is 4.90 Å². The molecule has 1 saturated heterocycles. The van der Waals surface area contributed by atoms with Crippen molar-refractivity contribution < 1.29 is 21.2 Å². The Hall–Kier alpha value is -2.54. The van der Waals surface area contributed by atoms with Crippen LogP contribution in [-0.2, 0) is 31.8 Å². The van der Waals surface area contributed by atoms with E-state index in [4.69, 9.17) is 5.14 Å². The first-order valence-electron chi connectivity index (χ1n) is 11.2. The minimum Gasteiger partial charge on any atom is -0.369 e. The van der Waals surface area contributed by atoms with Crippen molar-refractivity contribution in [2.24, 2.45) is 12.2 Å². The van der Waals surface area contributed by atoms with Crippen LogP contribution in [-0.4, -0.2) is 58.1 Å². The number of rotatable bonds is 6. The molecule has 0 bridgehead atoms. The minimum absolute atomic E-state index is 0.00960. The molecule has 9 nitrogen and oxygen atoms in total. The molecule has 1 aromatic carbocycles. The minimum atomic E-state index is -4.21. The van der Waals surface area contributed by atoms with Crippen LogP contribution in [0.4, 0.5) is 10.1 Å². The third-order valence-corrected chi connectivity index (χ3v) is 10.2. The van der Waals surface area contributed by atoms with Crippen LogP contribution < -0.4 is 10.0 Å². The molecule has 0 amide bonds. The normalized spacial score (nSPS) is 22.0. The number of halogens is 1. The first-order valence-corrected chi connectivity index (χ1v) is 14.2. The van der Waals surface area contributed by atoms with Crippen molar-refractivity contribution in [2.75, 3.05) is 32.1 Å². The molecule has 35 heavy (non-hydrogen) atoms. The highest BCUT2D eigenvalue weighted by atomic mass is 32.2. The maximum Gasteiger partial charge on any atom is 0.242 e. The van der Waals surface area contributed by atoms with E-state index < -0.39 is 24.8 Å². The van der Waals surface area contributed by atoms with Crippen LogP contribution in [0.5, 0.6) is 0 Å². The average Bonchev–Trinajstić information content (AvgIpc) is 3.20. The number of nitrogens with two attached hydrogens (primary N) is 1. The number of aryl methyl sites for hydroxylation is 1. The number of hydrogen-bond donors (Lipinski definition) is 1. The second-order valence-corrected chi connectivity index (χ2v) is 13.2. The van der Waals surface area contributed by atoms with Crippen molar-refractivity contribution in [3.8, 4) is 0 Å². The number of piperidine rings is 1. The van der Waals surface area contributed by atoms with Gasteiger partial charge in [0.05, 0.1) is 16.3 Å². The van der Waals surface area contributed by atoms with Crippen LogP contribution in [0, 0.1) is 5.82 Å². The van der Waals surface area contributed by atoms with Crippen LogP contribution >= 0.6 is 0 Å². The highest BCUT2D eigenvalue weighted by molar-refractivity contribution is 7.93. The van der Waals surface area contributed by atoms with E-state index in [-0.39, 0.29) is 23.1 Å². The molecule has 2 aliphatic rings. The first-order chi connectivity index (χ1) is 16.4. The summed E-state index contributed by atoms with van der Waals surface area (Å²) < 4.78 is 66.2. The highest BCUT2D eigenvalue weighted by Crippen LogP contribution is 2.43. The van der Waals surface area contributed by atoms with Crippen LogP contribution in [0.3, 0.4) is 0 Å². The lowest BCUT2D eigenvalue weighted by molar-refractivity contribution is 0.489. The average molecular weight is 524 g/mol. The van der Waals surface area contributed by atoms with Crippen LogP contribution in [0.25, 0.3) is 0 Å². The molecule has 2 N–H and O–H groups in total. The summed E-state index contributed by atoms with van der Waals surface area (Å²) >= 11 is 0. The molecule has 1 fully saturated rings. The molecular formula is C23H30FN5O4S2.